The van der Waals surface area contributed by atoms with E-state index < -0.39 is 23.6 Å². The number of ether oxygens (including phenoxy) is 1. The summed E-state index contributed by atoms with van der Waals surface area (Å²) in [5.74, 6) is -0.734. The summed E-state index contributed by atoms with van der Waals surface area (Å²) in [6.45, 7) is 6.76. The zero-order chi connectivity index (χ0) is 22.5. The number of hydrogen-bond donors (Lipinski definition) is 2. The van der Waals surface area contributed by atoms with Gasteiger partial charge in [-0.05, 0) is 63.6 Å². The molecule has 2 aromatic carbocycles. The minimum absolute atomic E-state index is 0.0824. The summed E-state index contributed by atoms with van der Waals surface area (Å²) < 4.78 is 5.17. The summed E-state index contributed by atoms with van der Waals surface area (Å²) in [6, 6.07) is 10.7. The molecular weight excluding hydrogens is 427 g/mol. The molecule has 160 valence electrons. The summed E-state index contributed by atoms with van der Waals surface area (Å²) in [6.07, 6.45) is -0.767. The monoisotopic (exact) mass is 450 g/mol. The van der Waals surface area contributed by atoms with Crippen LogP contribution in [0.1, 0.15) is 43.6 Å². The molecule has 0 radical (unpaired) electrons. The second-order valence-corrected chi connectivity index (χ2v) is 8.59. The number of rotatable bonds is 6. The molecule has 0 fully saturated rings. The highest BCUT2D eigenvalue weighted by molar-refractivity contribution is 6.34. The lowest BCUT2D eigenvalue weighted by Gasteiger charge is -2.21. The predicted octanol–water partition coefficient (Wildman–Crippen LogP) is 5.27. The van der Waals surface area contributed by atoms with Crippen molar-refractivity contribution < 1.29 is 19.1 Å². The maximum atomic E-state index is 12.8. The molecule has 6 nitrogen and oxygen atoms in total. The van der Waals surface area contributed by atoms with E-state index in [-0.39, 0.29) is 22.8 Å². The van der Waals surface area contributed by atoms with Gasteiger partial charge >= 0.3 is 6.09 Å². The van der Waals surface area contributed by atoms with Crippen molar-refractivity contribution in [2.24, 2.45) is 0 Å². The van der Waals surface area contributed by atoms with E-state index in [2.05, 4.69) is 10.6 Å². The third-order valence-corrected chi connectivity index (χ3v) is 4.58. The van der Waals surface area contributed by atoms with Gasteiger partial charge in [-0.15, -0.1) is 0 Å². The van der Waals surface area contributed by atoms with Crippen LogP contribution < -0.4 is 10.6 Å². The van der Waals surface area contributed by atoms with Gasteiger partial charge in [0.15, 0.2) is 5.78 Å². The Labute approximate surface area is 185 Å². The largest absolute Gasteiger partial charge is 0.444 e. The minimum atomic E-state index is -0.800. The molecule has 0 saturated heterocycles. The van der Waals surface area contributed by atoms with Crippen LogP contribution in [0, 0.1) is 0 Å². The summed E-state index contributed by atoms with van der Waals surface area (Å²) in [4.78, 5) is 37.3. The first kappa shape index (κ1) is 23.7. The number of hydrogen-bond acceptors (Lipinski definition) is 4. The average molecular weight is 451 g/mol. The van der Waals surface area contributed by atoms with Crippen LogP contribution >= 0.6 is 23.2 Å². The van der Waals surface area contributed by atoms with Crippen molar-refractivity contribution in [3.63, 3.8) is 0 Å². The van der Waals surface area contributed by atoms with Crippen molar-refractivity contribution in [3.05, 3.63) is 63.6 Å². The lowest BCUT2D eigenvalue weighted by atomic mass is 9.99. The average Bonchev–Trinajstić information content (AvgIpc) is 2.61. The lowest BCUT2D eigenvalue weighted by Crippen LogP contribution is -2.42. The number of amides is 2. The quantitative estimate of drug-likeness (QED) is 0.627. The van der Waals surface area contributed by atoms with E-state index >= 15 is 0 Å². The van der Waals surface area contributed by atoms with Gasteiger partial charge in [-0.1, -0.05) is 35.3 Å². The predicted molar refractivity (Wildman–Crippen MR) is 118 cm³/mol. The molecule has 8 heteroatoms. The molecular formula is C22H24Cl2N2O4. The van der Waals surface area contributed by atoms with Crippen LogP contribution in [0.2, 0.25) is 10.0 Å². The van der Waals surface area contributed by atoms with Crippen LogP contribution in [-0.4, -0.2) is 29.4 Å². The minimum Gasteiger partial charge on any atom is -0.444 e. The highest BCUT2D eigenvalue weighted by atomic mass is 35.5. The van der Waals surface area contributed by atoms with E-state index in [4.69, 9.17) is 27.9 Å². The molecule has 0 unspecified atom stereocenters. The fraction of sp³-hybridized carbons (Fsp3) is 0.318. The van der Waals surface area contributed by atoms with Crippen molar-refractivity contribution in [1.82, 2.24) is 5.32 Å². The molecule has 0 aliphatic rings. The molecule has 30 heavy (non-hydrogen) atoms. The lowest BCUT2D eigenvalue weighted by molar-refractivity contribution is -0.120. The third kappa shape index (κ3) is 7.04. The maximum absolute atomic E-state index is 12.8. The maximum Gasteiger partial charge on any atom is 0.408 e. The van der Waals surface area contributed by atoms with Gasteiger partial charge in [0.05, 0.1) is 16.6 Å². The molecule has 2 N–H and O–H groups in total. The van der Waals surface area contributed by atoms with Gasteiger partial charge in [0, 0.05) is 17.1 Å². The Morgan fingerprint density at radius 3 is 2.27 bits per heavy atom. The van der Waals surface area contributed by atoms with E-state index in [1.165, 1.54) is 0 Å². The SMILES string of the molecule is C[C@H](NC(=O)OC(C)(C)C)C(=O)Cc1cccc(Cl)c1C(=O)Nc1ccc(Cl)cc1. The number of nitrogens with one attached hydrogen (secondary N) is 2. The number of alkyl carbamates (subject to hydrolysis) is 1. The van der Waals surface area contributed by atoms with Crippen molar-refractivity contribution in [2.45, 2.75) is 45.8 Å². The fourth-order valence-electron chi connectivity index (χ4n) is 2.60. The summed E-state index contributed by atoms with van der Waals surface area (Å²) in [7, 11) is 0. The zero-order valence-corrected chi connectivity index (χ0v) is 18.7. The van der Waals surface area contributed by atoms with Gasteiger partial charge in [0.1, 0.15) is 5.60 Å². The normalized spacial score (nSPS) is 12.1. The first-order chi connectivity index (χ1) is 14.0. The van der Waals surface area contributed by atoms with E-state index in [0.717, 1.165) is 0 Å². The van der Waals surface area contributed by atoms with Gasteiger partial charge in [-0.2, -0.15) is 0 Å². The van der Waals surface area contributed by atoms with Gasteiger partial charge in [-0.3, -0.25) is 9.59 Å². The Morgan fingerprint density at radius 2 is 1.67 bits per heavy atom. The second-order valence-electron chi connectivity index (χ2n) is 7.75. The molecule has 0 heterocycles. The number of benzene rings is 2. The van der Waals surface area contributed by atoms with Crippen LogP contribution in [0.25, 0.3) is 0 Å². The Hall–Kier alpha value is -2.57. The Balaban J connectivity index is 2.13. The molecule has 0 aromatic heterocycles. The number of carbonyl (C=O) groups excluding carboxylic acids is 3. The Kier molecular flexibility index (Phi) is 7.87. The summed E-state index contributed by atoms with van der Waals surface area (Å²) in [5, 5.41) is 6.02. The van der Waals surface area contributed by atoms with Gasteiger partial charge in [0.2, 0.25) is 0 Å². The number of ketones is 1. The first-order valence-electron chi connectivity index (χ1n) is 9.33. The molecule has 2 rings (SSSR count). The van der Waals surface area contributed by atoms with E-state index in [0.29, 0.717) is 16.3 Å². The molecule has 1 atom stereocenters. The standard InChI is InChI=1S/C22H24Cl2N2O4/c1-13(25-21(29)30-22(2,3)4)18(27)12-14-6-5-7-17(24)19(14)20(28)26-16-10-8-15(23)9-11-16/h5-11,13H,12H2,1-4H3,(H,25,29)(H,26,28)/t13-/m0/s1. The van der Waals surface area contributed by atoms with Crippen molar-refractivity contribution >= 4 is 46.7 Å². The summed E-state index contributed by atoms with van der Waals surface area (Å²) in [5.41, 5.74) is 0.525. The van der Waals surface area contributed by atoms with Crippen LogP contribution in [0.5, 0.6) is 0 Å². The number of anilines is 1. The van der Waals surface area contributed by atoms with Crippen molar-refractivity contribution in [1.29, 1.82) is 0 Å². The highest BCUT2D eigenvalue weighted by Gasteiger charge is 2.23. The van der Waals surface area contributed by atoms with Crippen LogP contribution in [0.15, 0.2) is 42.5 Å². The Bertz CT molecular complexity index is 937. The zero-order valence-electron chi connectivity index (χ0n) is 17.2. The molecule has 0 aliphatic heterocycles. The van der Waals surface area contributed by atoms with E-state index in [1.54, 1.807) is 70.2 Å². The second kappa shape index (κ2) is 9.96. The van der Waals surface area contributed by atoms with Crippen LogP contribution in [-0.2, 0) is 16.0 Å². The number of carbonyl (C=O) groups is 3. The third-order valence-electron chi connectivity index (χ3n) is 4.01. The fourth-order valence-corrected chi connectivity index (χ4v) is 3.01. The van der Waals surface area contributed by atoms with Crippen molar-refractivity contribution in [3.8, 4) is 0 Å². The van der Waals surface area contributed by atoms with Crippen molar-refractivity contribution in [2.75, 3.05) is 5.32 Å². The number of halogens is 2. The van der Waals surface area contributed by atoms with E-state index in [1.807, 2.05) is 0 Å². The van der Waals surface area contributed by atoms with Crippen LogP contribution in [0.4, 0.5) is 10.5 Å². The molecule has 0 bridgehead atoms. The topological polar surface area (TPSA) is 84.5 Å². The molecule has 2 aromatic rings. The van der Waals surface area contributed by atoms with Gasteiger partial charge in [0.25, 0.3) is 5.91 Å². The molecule has 0 aliphatic carbocycles. The van der Waals surface area contributed by atoms with E-state index in [9.17, 15) is 14.4 Å². The van der Waals surface area contributed by atoms with Gasteiger partial charge in [-0.25, -0.2) is 4.79 Å². The number of Topliss-reactive ketones (excluding diaryl/α,β-unsaturated/α-hetero) is 1. The van der Waals surface area contributed by atoms with Crippen LogP contribution in [0.3, 0.4) is 0 Å². The molecule has 0 spiro atoms. The Morgan fingerprint density at radius 1 is 1.03 bits per heavy atom. The first-order valence-corrected chi connectivity index (χ1v) is 10.1. The highest BCUT2D eigenvalue weighted by Crippen LogP contribution is 2.23. The smallest absolute Gasteiger partial charge is 0.408 e. The summed E-state index contributed by atoms with van der Waals surface area (Å²) >= 11 is 12.1. The molecule has 2 amide bonds. The van der Waals surface area contributed by atoms with Gasteiger partial charge < -0.3 is 15.4 Å². The molecule has 0 saturated carbocycles.